The zero-order valence-electron chi connectivity index (χ0n) is 11.6. The molecule has 0 saturated heterocycles. The van der Waals surface area contributed by atoms with E-state index in [1.54, 1.807) is 0 Å². The fraction of sp³-hybridized carbons (Fsp3) is 0.133. The molecule has 122 valence electrons. The van der Waals surface area contributed by atoms with E-state index >= 15 is 0 Å². The van der Waals surface area contributed by atoms with Gasteiger partial charge < -0.3 is 10.6 Å². The summed E-state index contributed by atoms with van der Waals surface area (Å²) in [4.78, 5) is 11.6. The molecule has 1 amide bonds. The van der Waals surface area contributed by atoms with Gasteiger partial charge in [0.05, 0.1) is 5.69 Å². The second-order valence-corrected chi connectivity index (χ2v) is 4.58. The van der Waals surface area contributed by atoms with Crippen molar-refractivity contribution in [2.75, 3.05) is 17.2 Å². The maximum absolute atomic E-state index is 13.4. The first-order valence-electron chi connectivity index (χ1n) is 6.50. The molecule has 0 bridgehead atoms. The second-order valence-electron chi connectivity index (χ2n) is 4.58. The van der Waals surface area contributed by atoms with Crippen LogP contribution in [0.1, 0.15) is 6.42 Å². The molecule has 2 N–H and O–H groups in total. The highest BCUT2D eigenvalue weighted by Crippen LogP contribution is 2.19. The van der Waals surface area contributed by atoms with Gasteiger partial charge in [0.25, 0.3) is 0 Å². The van der Waals surface area contributed by atoms with Gasteiger partial charge in [-0.1, -0.05) is 0 Å². The highest BCUT2D eigenvalue weighted by molar-refractivity contribution is 5.90. The lowest BCUT2D eigenvalue weighted by Crippen LogP contribution is -2.17. The summed E-state index contributed by atoms with van der Waals surface area (Å²) in [6, 6.07) is 4.61. The Hall–Kier alpha value is -2.64. The average Bonchev–Trinajstić information content (AvgIpc) is 2.51. The minimum atomic E-state index is -1.61. The molecule has 0 spiro atoms. The summed E-state index contributed by atoms with van der Waals surface area (Å²) in [5.74, 6) is -7.01. The van der Waals surface area contributed by atoms with Crippen LogP contribution in [0.4, 0.5) is 33.3 Å². The molecule has 23 heavy (non-hydrogen) atoms. The fourth-order valence-corrected chi connectivity index (χ4v) is 1.77. The topological polar surface area (TPSA) is 41.1 Å². The maximum atomic E-state index is 13.4. The number of amides is 1. The highest BCUT2D eigenvalue weighted by atomic mass is 19.2. The smallest absolute Gasteiger partial charge is 0.226 e. The molecule has 0 atom stereocenters. The minimum absolute atomic E-state index is 0.0629. The molecule has 0 heterocycles. The van der Waals surface area contributed by atoms with E-state index in [0.717, 1.165) is 24.3 Å². The Balaban J connectivity index is 1.87. The predicted molar refractivity (Wildman–Crippen MR) is 74.4 cm³/mol. The quantitative estimate of drug-likeness (QED) is 0.646. The molecule has 2 aromatic rings. The Kier molecular flexibility index (Phi) is 5.15. The summed E-state index contributed by atoms with van der Waals surface area (Å²) < 4.78 is 64.8. The second kappa shape index (κ2) is 7.08. The van der Waals surface area contributed by atoms with Gasteiger partial charge in [-0.2, -0.15) is 0 Å². The van der Waals surface area contributed by atoms with Crippen molar-refractivity contribution in [3.63, 3.8) is 0 Å². The Labute approximate surface area is 128 Å². The molecule has 0 aliphatic heterocycles. The van der Waals surface area contributed by atoms with E-state index in [1.807, 2.05) is 0 Å². The number of hydrogen-bond donors (Lipinski definition) is 2. The van der Waals surface area contributed by atoms with Crippen molar-refractivity contribution in [2.45, 2.75) is 6.42 Å². The number of benzene rings is 2. The van der Waals surface area contributed by atoms with E-state index in [-0.39, 0.29) is 24.3 Å². The highest BCUT2D eigenvalue weighted by Gasteiger charge is 2.13. The van der Waals surface area contributed by atoms with Crippen LogP contribution in [0.5, 0.6) is 0 Å². The van der Waals surface area contributed by atoms with Gasteiger partial charge in [-0.3, -0.25) is 4.79 Å². The van der Waals surface area contributed by atoms with Crippen LogP contribution in [0, 0.1) is 29.1 Å². The zero-order chi connectivity index (χ0) is 17.0. The fourth-order valence-electron chi connectivity index (χ4n) is 1.77. The SMILES string of the molecule is O=C(CCNc1ccc(F)c(F)c1F)Nc1ccc(F)c(F)c1. The summed E-state index contributed by atoms with van der Waals surface area (Å²) in [6.07, 6.45) is -0.155. The summed E-state index contributed by atoms with van der Waals surface area (Å²) in [6.45, 7) is -0.0719. The van der Waals surface area contributed by atoms with Crippen LogP contribution < -0.4 is 10.6 Å². The van der Waals surface area contributed by atoms with Gasteiger partial charge in [-0.25, -0.2) is 22.0 Å². The molecular weight excluding hydrogens is 319 g/mol. The molecule has 0 aromatic heterocycles. The molecule has 0 saturated carbocycles. The first-order chi connectivity index (χ1) is 10.9. The predicted octanol–water partition coefficient (Wildman–Crippen LogP) is 3.82. The van der Waals surface area contributed by atoms with Crippen molar-refractivity contribution in [3.05, 3.63) is 59.4 Å². The van der Waals surface area contributed by atoms with Gasteiger partial charge in [-0.05, 0) is 24.3 Å². The van der Waals surface area contributed by atoms with Gasteiger partial charge in [0.2, 0.25) is 5.91 Å². The van der Waals surface area contributed by atoms with E-state index < -0.39 is 35.0 Å². The van der Waals surface area contributed by atoms with Crippen LogP contribution in [0.2, 0.25) is 0 Å². The van der Waals surface area contributed by atoms with E-state index in [4.69, 9.17) is 0 Å². The maximum Gasteiger partial charge on any atom is 0.226 e. The monoisotopic (exact) mass is 330 g/mol. The zero-order valence-corrected chi connectivity index (χ0v) is 11.6. The molecule has 8 heteroatoms. The number of rotatable bonds is 5. The molecule has 2 aromatic carbocycles. The van der Waals surface area contributed by atoms with Crippen LogP contribution in [0.3, 0.4) is 0 Å². The molecule has 0 aliphatic carbocycles. The first-order valence-corrected chi connectivity index (χ1v) is 6.50. The molecule has 0 unspecified atom stereocenters. The number of carbonyl (C=O) groups excluding carboxylic acids is 1. The van der Waals surface area contributed by atoms with E-state index in [2.05, 4.69) is 10.6 Å². The summed E-state index contributed by atoms with van der Waals surface area (Å²) in [7, 11) is 0. The van der Waals surface area contributed by atoms with Gasteiger partial charge in [0.15, 0.2) is 29.1 Å². The van der Waals surface area contributed by atoms with Gasteiger partial charge in [0.1, 0.15) is 0 Å². The summed E-state index contributed by atoms with van der Waals surface area (Å²) in [5, 5.41) is 4.76. The van der Waals surface area contributed by atoms with E-state index in [9.17, 15) is 26.7 Å². The first kappa shape index (κ1) is 16.7. The van der Waals surface area contributed by atoms with Gasteiger partial charge in [0, 0.05) is 24.7 Å². The number of anilines is 2. The lowest BCUT2D eigenvalue weighted by molar-refractivity contribution is -0.115. The van der Waals surface area contributed by atoms with Crippen molar-refractivity contribution in [2.24, 2.45) is 0 Å². The standard InChI is InChI=1S/C15H11F5N2O/c16-9-2-1-8(7-11(9)18)22-13(23)5-6-21-12-4-3-10(17)14(19)15(12)20/h1-4,7,21H,5-6H2,(H,22,23). The van der Waals surface area contributed by atoms with Crippen molar-refractivity contribution in [1.82, 2.24) is 0 Å². The molecular formula is C15H11F5N2O. The van der Waals surface area contributed by atoms with Crippen LogP contribution >= 0.6 is 0 Å². The third kappa shape index (κ3) is 4.18. The normalized spacial score (nSPS) is 10.5. The minimum Gasteiger partial charge on any atom is -0.382 e. The van der Waals surface area contributed by atoms with Crippen LogP contribution in [-0.2, 0) is 4.79 Å². The number of hydrogen-bond acceptors (Lipinski definition) is 2. The van der Waals surface area contributed by atoms with Crippen molar-refractivity contribution >= 4 is 17.3 Å². The summed E-state index contributed by atoms with van der Waals surface area (Å²) >= 11 is 0. The molecule has 0 radical (unpaired) electrons. The third-order valence-electron chi connectivity index (χ3n) is 2.91. The molecule has 0 fully saturated rings. The average molecular weight is 330 g/mol. The lowest BCUT2D eigenvalue weighted by atomic mass is 10.2. The van der Waals surface area contributed by atoms with Crippen molar-refractivity contribution in [1.29, 1.82) is 0 Å². The van der Waals surface area contributed by atoms with Crippen molar-refractivity contribution < 1.29 is 26.7 Å². The van der Waals surface area contributed by atoms with Crippen LogP contribution in [0.25, 0.3) is 0 Å². The Morgan fingerprint density at radius 2 is 1.57 bits per heavy atom. The van der Waals surface area contributed by atoms with Crippen LogP contribution in [0.15, 0.2) is 30.3 Å². The Morgan fingerprint density at radius 3 is 2.26 bits per heavy atom. The number of halogens is 5. The number of nitrogens with one attached hydrogen (secondary N) is 2. The van der Waals surface area contributed by atoms with Crippen LogP contribution in [-0.4, -0.2) is 12.5 Å². The lowest BCUT2D eigenvalue weighted by Gasteiger charge is -2.09. The number of carbonyl (C=O) groups is 1. The van der Waals surface area contributed by atoms with Crippen molar-refractivity contribution in [3.8, 4) is 0 Å². The van der Waals surface area contributed by atoms with Gasteiger partial charge in [-0.15, -0.1) is 0 Å². The Bertz CT molecular complexity index is 736. The van der Waals surface area contributed by atoms with E-state index in [0.29, 0.717) is 0 Å². The largest absolute Gasteiger partial charge is 0.382 e. The van der Waals surface area contributed by atoms with E-state index in [1.165, 1.54) is 6.07 Å². The third-order valence-corrected chi connectivity index (χ3v) is 2.91. The molecule has 3 nitrogen and oxygen atoms in total. The summed E-state index contributed by atoms with van der Waals surface area (Å²) in [5.41, 5.74) is -0.225. The molecule has 0 aliphatic rings. The molecule has 2 rings (SSSR count). The van der Waals surface area contributed by atoms with Gasteiger partial charge >= 0.3 is 0 Å². The Morgan fingerprint density at radius 1 is 0.870 bits per heavy atom.